The van der Waals surface area contributed by atoms with Crippen molar-refractivity contribution in [2.75, 3.05) is 18.7 Å². The Hall–Kier alpha value is -3.98. The normalized spacial score (nSPS) is 15.0. The van der Waals surface area contributed by atoms with Gasteiger partial charge >= 0.3 is 0 Å². The van der Waals surface area contributed by atoms with Gasteiger partial charge in [-0.1, -0.05) is 23.5 Å². The van der Waals surface area contributed by atoms with Crippen molar-refractivity contribution in [2.45, 2.75) is 6.10 Å². The average Bonchev–Trinajstić information content (AvgIpc) is 3.27. The van der Waals surface area contributed by atoms with Crippen LogP contribution in [0.25, 0.3) is 10.2 Å². The van der Waals surface area contributed by atoms with Crippen LogP contribution in [0.3, 0.4) is 0 Å². The Morgan fingerprint density at radius 3 is 2.76 bits per heavy atom. The Bertz CT molecular complexity index is 1340. The number of nitrogens with zero attached hydrogens (tertiary/aromatic N) is 3. The molecule has 3 aromatic carbocycles. The fourth-order valence-corrected chi connectivity index (χ4v) is 4.22. The number of fused-ring (bicyclic) bond motifs is 2. The third kappa shape index (κ3) is 4.35. The molecule has 0 N–H and O–H groups in total. The van der Waals surface area contributed by atoms with E-state index in [1.165, 1.54) is 17.1 Å². The predicted molar refractivity (Wildman–Crippen MR) is 124 cm³/mol. The van der Waals surface area contributed by atoms with Crippen LogP contribution in [0.4, 0.5) is 9.52 Å². The molecule has 7 nitrogen and oxygen atoms in total. The summed E-state index contributed by atoms with van der Waals surface area (Å²) in [7, 11) is 1.59. The smallest absolute Gasteiger partial charge is 0.294 e. The Morgan fingerprint density at radius 1 is 1.18 bits per heavy atom. The number of hydrazone groups is 1. The van der Waals surface area contributed by atoms with E-state index in [-0.39, 0.29) is 12.4 Å². The molecule has 2 heterocycles. The second-order valence-electron chi connectivity index (χ2n) is 7.14. The predicted octanol–water partition coefficient (Wildman–Crippen LogP) is 4.65. The Kier molecular flexibility index (Phi) is 5.62. The number of para-hydroxylation sites is 2. The molecule has 1 aliphatic heterocycles. The van der Waals surface area contributed by atoms with Crippen LogP contribution in [0.1, 0.15) is 5.56 Å². The first-order chi connectivity index (χ1) is 16.1. The SMILES string of the molecule is COc1ccc(/C=N/N(C(=O)C2COc3ccccc3O2)c2nc3ccc(F)cc3s2)cc1. The summed E-state index contributed by atoms with van der Waals surface area (Å²) in [4.78, 5) is 17.9. The van der Waals surface area contributed by atoms with E-state index in [0.29, 0.717) is 32.6 Å². The van der Waals surface area contributed by atoms with Crippen molar-refractivity contribution >= 4 is 38.8 Å². The summed E-state index contributed by atoms with van der Waals surface area (Å²) in [6, 6.07) is 18.6. The molecule has 1 amide bonds. The van der Waals surface area contributed by atoms with Crippen LogP contribution in [0.5, 0.6) is 17.2 Å². The van der Waals surface area contributed by atoms with Crippen LogP contribution in [0.15, 0.2) is 71.8 Å². The van der Waals surface area contributed by atoms with Gasteiger partial charge in [-0.2, -0.15) is 10.1 Å². The van der Waals surface area contributed by atoms with Crippen molar-refractivity contribution in [1.29, 1.82) is 0 Å². The number of halogens is 1. The lowest BCUT2D eigenvalue weighted by molar-refractivity contribution is -0.127. The maximum absolute atomic E-state index is 13.7. The summed E-state index contributed by atoms with van der Waals surface area (Å²) < 4.78 is 31.1. The molecule has 1 unspecified atom stereocenters. The summed E-state index contributed by atoms with van der Waals surface area (Å²) >= 11 is 1.16. The summed E-state index contributed by atoms with van der Waals surface area (Å²) in [5, 5.41) is 5.88. The standard InChI is InChI=1S/C24H18FN3O4S/c1-30-17-9-6-15(7-10-17)13-26-28(24-27-18-11-8-16(25)12-22(18)33-24)23(29)21-14-31-19-4-2-3-5-20(19)32-21/h2-13,21H,14H2,1H3/b26-13+. The number of rotatable bonds is 5. The van der Waals surface area contributed by atoms with E-state index in [2.05, 4.69) is 10.1 Å². The molecular weight excluding hydrogens is 445 g/mol. The highest BCUT2D eigenvalue weighted by atomic mass is 32.1. The molecule has 0 saturated heterocycles. The van der Waals surface area contributed by atoms with Gasteiger partial charge in [-0.05, 0) is 60.2 Å². The van der Waals surface area contributed by atoms with Gasteiger partial charge in [0.15, 0.2) is 11.5 Å². The molecule has 0 spiro atoms. The Morgan fingerprint density at radius 2 is 1.97 bits per heavy atom. The summed E-state index contributed by atoms with van der Waals surface area (Å²) in [6.07, 6.45) is 0.624. The van der Waals surface area contributed by atoms with Crippen molar-refractivity contribution in [2.24, 2.45) is 5.10 Å². The number of methoxy groups -OCH3 is 1. The first kappa shape index (κ1) is 20.9. The lowest BCUT2D eigenvalue weighted by Crippen LogP contribution is -2.44. The van der Waals surface area contributed by atoms with Gasteiger partial charge in [-0.25, -0.2) is 9.37 Å². The van der Waals surface area contributed by atoms with E-state index >= 15 is 0 Å². The van der Waals surface area contributed by atoms with Crippen LogP contribution in [-0.2, 0) is 4.79 Å². The third-order valence-corrected chi connectivity index (χ3v) is 5.94. The molecule has 5 rings (SSSR count). The number of hydrogen-bond acceptors (Lipinski definition) is 7. The van der Waals surface area contributed by atoms with Gasteiger partial charge in [-0.3, -0.25) is 4.79 Å². The lowest BCUT2D eigenvalue weighted by atomic mass is 10.2. The van der Waals surface area contributed by atoms with Crippen molar-refractivity contribution in [3.8, 4) is 17.2 Å². The van der Waals surface area contributed by atoms with Crippen LogP contribution in [-0.4, -0.2) is 36.9 Å². The van der Waals surface area contributed by atoms with E-state index in [4.69, 9.17) is 14.2 Å². The third-order valence-electron chi connectivity index (χ3n) is 4.95. The number of carbonyl (C=O) groups is 1. The highest BCUT2D eigenvalue weighted by Crippen LogP contribution is 2.34. The zero-order valence-electron chi connectivity index (χ0n) is 17.5. The van der Waals surface area contributed by atoms with Crippen molar-refractivity contribution < 1.29 is 23.4 Å². The van der Waals surface area contributed by atoms with Crippen molar-refractivity contribution in [3.05, 3.63) is 78.1 Å². The van der Waals surface area contributed by atoms with E-state index in [9.17, 15) is 9.18 Å². The average molecular weight is 463 g/mol. The number of benzene rings is 3. The zero-order chi connectivity index (χ0) is 22.8. The molecule has 0 saturated carbocycles. The first-order valence-electron chi connectivity index (χ1n) is 10.1. The van der Waals surface area contributed by atoms with Crippen LogP contribution in [0, 0.1) is 5.82 Å². The fraction of sp³-hybridized carbons (Fsp3) is 0.125. The number of anilines is 1. The molecule has 9 heteroatoms. The maximum atomic E-state index is 13.7. The lowest BCUT2D eigenvalue weighted by Gasteiger charge is -2.27. The molecule has 1 atom stereocenters. The van der Waals surface area contributed by atoms with E-state index < -0.39 is 12.0 Å². The molecule has 33 heavy (non-hydrogen) atoms. The zero-order valence-corrected chi connectivity index (χ0v) is 18.3. The van der Waals surface area contributed by atoms with Gasteiger partial charge in [0.2, 0.25) is 11.2 Å². The molecule has 0 fully saturated rings. The molecule has 1 aromatic heterocycles. The molecule has 4 aromatic rings. The second-order valence-corrected chi connectivity index (χ2v) is 8.15. The maximum Gasteiger partial charge on any atom is 0.294 e. The topological polar surface area (TPSA) is 73.2 Å². The van der Waals surface area contributed by atoms with Crippen LogP contribution < -0.4 is 19.2 Å². The van der Waals surface area contributed by atoms with Crippen molar-refractivity contribution in [1.82, 2.24) is 4.98 Å². The van der Waals surface area contributed by atoms with Crippen molar-refractivity contribution in [3.63, 3.8) is 0 Å². The minimum atomic E-state index is -0.920. The Labute approximate surface area is 192 Å². The number of hydrogen-bond donors (Lipinski definition) is 0. The largest absolute Gasteiger partial charge is 0.497 e. The molecule has 0 bridgehead atoms. The van der Waals surface area contributed by atoms with E-state index in [1.54, 1.807) is 49.7 Å². The number of amides is 1. The minimum absolute atomic E-state index is 0.0317. The molecule has 166 valence electrons. The second kappa shape index (κ2) is 8.87. The number of ether oxygens (including phenoxy) is 3. The molecular formula is C24H18FN3O4S. The van der Waals surface area contributed by atoms with Gasteiger partial charge in [0.1, 0.15) is 18.2 Å². The number of carbonyl (C=O) groups excluding carboxylic acids is 1. The van der Waals surface area contributed by atoms with Crippen LogP contribution in [0.2, 0.25) is 0 Å². The molecule has 0 radical (unpaired) electrons. The summed E-state index contributed by atoms with van der Waals surface area (Å²) in [5.41, 5.74) is 1.33. The minimum Gasteiger partial charge on any atom is -0.497 e. The van der Waals surface area contributed by atoms with Gasteiger partial charge in [0.25, 0.3) is 5.91 Å². The van der Waals surface area contributed by atoms with Gasteiger partial charge < -0.3 is 14.2 Å². The van der Waals surface area contributed by atoms with E-state index in [1.807, 2.05) is 18.2 Å². The van der Waals surface area contributed by atoms with E-state index in [0.717, 1.165) is 16.9 Å². The number of aromatic nitrogens is 1. The van der Waals surface area contributed by atoms with Gasteiger partial charge in [0.05, 0.1) is 23.5 Å². The highest BCUT2D eigenvalue weighted by molar-refractivity contribution is 7.22. The first-order valence-corrected chi connectivity index (χ1v) is 10.9. The molecule has 1 aliphatic rings. The quantitative estimate of drug-likeness (QED) is 0.318. The number of thiazole rings is 1. The fourth-order valence-electron chi connectivity index (χ4n) is 3.27. The van der Waals surface area contributed by atoms with Gasteiger partial charge in [-0.15, -0.1) is 0 Å². The summed E-state index contributed by atoms with van der Waals surface area (Å²) in [5.74, 6) is 0.935. The van der Waals surface area contributed by atoms with Gasteiger partial charge in [0, 0.05) is 0 Å². The summed E-state index contributed by atoms with van der Waals surface area (Å²) in [6.45, 7) is 0.0317. The monoisotopic (exact) mass is 463 g/mol. The van der Waals surface area contributed by atoms with Crippen LogP contribution >= 0.6 is 11.3 Å². The molecule has 0 aliphatic carbocycles. The Balaban J connectivity index is 1.48. The highest BCUT2D eigenvalue weighted by Gasteiger charge is 2.33.